The average Bonchev–Trinajstić information content (AvgIpc) is 3.38. The zero-order valence-electron chi connectivity index (χ0n) is 16.3. The lowest BCUT2D eigenvalue weighted by Crippen LogP contribution is -2.60. The number of rotatable bonds is 4. The van der Waals surface area contributed by atoms with Gasteiger partial charge >= 0.3 is 7.12 Å². The maximum atomic E-state index is 12.7. The van der Waals surface area contributed by atoms with Gasteiger partial charge in [0.1, 0.15) is 5.65 Å². The van der Waals surface area contributed by atoms with Gasteiger partial charge in [-0.15, -0.1) is 0 Å². The molecule has 2 aromatic rings. The van der Waals surface area contributed by atoms with E-state index in [1.807, 2.05) is 19.2 Å². The molecule has 0 aromatic carbocycles. The van der Waals surface area contributed by atoms with Gasteiger partial charge in [-0.2, -0.15) is 0 Å². The van der Waals surface area contributed by atoms with Gasteiger partial charge in [0.2, 0.25) is 10.0 Å². The molecule has 2 unspecified atom stereocenters. The van der Waals surface area contributed by atoms with Crippen LogP contribution in [0.2, 0.25) is 0 Å². The second kappa shape index (κ2) is 6.04. The summed E-state index contributed by atoms with van der Waals surface area (Å²) in [5.74, 6) is 0.343. The molecular weight excluding hydrogens is 377 g/mol. The zero-order chi connectivity index (χ0) is 19.7. The van der Waals surface area contributed by atoms with E-state index in [9.17, 15) is 13.4 Å². The third kappa shape index (κ3) is 2.33. The average molecular weight is 403 g/mol. The van der Waals surface area contributed by atoms with Gasteiger partial charge in [-0.1, -0.05) is 20.3 Å². The lowest BCUT2D eigenvalue weighted by Gasteiger charge is -2.59. The minimum atomic E-state index is -3.20. The Bertz CT molecular complexity index is 1040. The SMILES string of the molecule is CCCCS(=O)(=O)N1CCC2(C1)CC1(OB(O)c3cnc4[nH]ccc4c31)[C@H]2C. The summed E-state index contributed by atoms with van der Waals surface area (Å²) >= 11 is 0. The van der Waals surface area contributed by atoms with E-state index in [1.165, 1.54) is 0 Å². The third-order valence-corrected chi connectivity index (χ3v) is 9.26. The second-order valence-electron chi connectivity index (χ2n) is 8.70. The molecule has 2 aliphatic heterocycles. The Balaban J connectivity index is 1.46. The summed E-state index contributed by atoms with van der Waals surface area (Å²) in [6.45, 7) is 5.29. The van der Waals surface area contributed by atoms with E-state index in [0.717, 1.165) is 41.3 Å². The van der Waals surface area contributed by atoms with Crippen molar-refractivity contribution in [3.05, 3.63) is 24.0 Å². The molecule has 28 heavy (non-hydrogen) atoms. The summed E-state index contributed by atoms with van der Waals surface area (Å²) in [5, 5.41) is 11.5. The van der Waals surface area contributed by atoms with Crippen LogP contribution in [0.5, 0.6) is 0 Å². The van der Waals surface area contributed by atoms with Gasteiger partial charge in [-0.25, -0.2) is 17.7 Å². The van der Waals surface area contributed by atoms with Crippen LogP contribution in [0.4, 0.5) is 0 Å². The lowest BCUT2D eigenvalue weighted by atomic mass is 9.49. The Morgan fingerprint density at radius 2 is 2.32 bits per heavy atom. The molecule has 150 valence electrons. The van der Waals surface area contributed by atoms with Crippen LogP contribution < -0.4 is 5.46 Å². The number of aromatic amines is 1. The second-order valence-corrected chi connectivity index (χ2v) is 10.8. The lowest BCUT2D eigenvalue weighted by molar-refractivity contribution is -0.170. The molecule has 2 fully saturated rings. The van der Waals surface area contributed by atoms with Crippen LogP contribution in [0.1, 0.15) is 45.1 Å². The van der Waals surface area contributed by atoms with Gasteiger partial charge in [0, 0.05) is 36.3 Å². The fourth-order valence-corrected chi connectivity index (χ4v) is 7.43. The van der Waals surface area contributed by atoms with Gasteiger partial charge in [0.05, 0.1) is 11.4 Å². The first-order valence-corrected chi connectivity index (χ1v) is 11.7. The molecule has 0 radical (unpaired) electrons. The normalized spacial score (nSPS) is 32.5. The highest BCUT2D eigenvalue weighted by Gasteiger charge is 2.69. The highest BCUT2D eigenvalue weighted by Crippen LogP contribution is 2.66. The summed E-state index contributed by atoms with van der Waals surface area (Å²) in [4.78, 5) is 7.53. The first-order valence-electron chi connectivity index (χ1n) is 10.1. The maximum absolute atomic E-state index is 12.7. The minimum absolute atomic E-state index is 0.0908. The predicted octanol–water partition coefficient (Wildman–Crippen LogP) is 1.34. The standard InChI is InChI=1S/C19H26BN3O4S/c1-3-4-9-28(25,26)23-8-6-18(12-23)11-19(13(18)2)16-14-5-7-21-17(14)22-10-15(16)20(24)27-19/h5,7,10,13,24H,3-4,6,8-9,11-12H2,1-2H3,(H,21,22)/t13-,18?,19?/m0/s1. The largest absolute Gasteiger partial charge is 0.493 e. The highest BCUT2D eigenvalue weighted by atomic mass is 32.2. The Morgan fingerprint density at radius 1 is 1.50 bits per heavy atom. The maximum Gasteiger partial charge on any atom is 0.493 e. The molecule has 5 rings (SSSR count). The van der Waals surface area contributed by atoms with E-state index in [2.05, 4.69) is 16.9 Å². The predicted molar refractivity (Wildman–Crippen MR) is 108 cm³/mol. The number of hydrogen-bond acceptors (Lipinski definition) is 5. The first-order chi connectivity index (χ1) is 13.3. The van der Waals surface area contributed by atoms with Crippen molar-refractivity contribution in [3.8, 4) is 0 Å². The Kier molecular flexibility index (Phi) is 4.02. The van der Waals surface area contributed by atoms with Crippen LogP contribution in [-0.4, -0.2) is 53.7 Å². The fourth-order valence-electron chi connectivity index (χ4n) is 5.69. The molecule has 3 aliphatic rings. The molecule has 1 saturated heterocycles. The van der Waals surface area contributed by atoms with Gasteiger partial charge in [0.25, 0.3) is 0 Å². The zero-order valence-corrected chi connectivity index (χ0v) is 17.1. The van der Waals surface area contributed by atoms with Crippen molar-refractivity contribution in [2.75, 3.05) is 18.8 Å². The molecule has 1 saturated carbocycles. The van der Waals surface area contributed by atoms with Crippen molar-refractivity contribution < 1.29 is 18.1 Å². The molecule has 2 aromatic heterocycles. The van der Waals surface area contributed by atoms with Crippen LogP contribution in [-0.2, 0) is 20.3 Å². The molecule has 4 heterocycles. The first kappa shape index (κ1) is 18.6. The number of nitrogens with one attached hydrogen (secondary N) is 1. The molecular formula is C19H26BN3O4S. The summed E-state index contributed by atoms with van der Waals surface area (Å²) in [6, 6.07) is 1.98. The van der Waals surface area contributed by atoms with Gasteiger partial charge in [-0.05, 0) is 42.2 Å². The van der Waals surface area contributed by atoms with Crippen LogP contribution in [0.3, 0.4) is 0 Å². The van der Waals surface area contributed by atoms with E-state index >= 15 is 0 Å². The van der Waals surface area contributed by atoms with Crippen LogP contribution in [0.15, 0.2) is 18.5 Å². The minimum Gasteiger partial charge on any atom is -0.423 e. The summed E-state index contributed by atoms with van der Waals surface area (Å²) in [6.07, 6.45) is 6.70. The van der Waals surface area contributed by atoms with Crippen molar-refractivity contribution in [1.82, 2.24) is 14.3 Å². The van der Waals surface area contributed by atoms with Gasteiger partial charge < -0.3 is 14.7 Å². The number of pyridine rings is 1. The van der Waals surface area contributed by atoms with Crippen LogP contribution in [0.25, 0.3) is 11.0 Å². The summed E-state index contributed by atoms with van der Waals surface area (Å²) in [7, 11) is -4.18. The number of aromatic nitrogens is 2. The number of nitrogens with zero attached hydrogens (tertiary/aromatic N) is 2. The summed E-state index contributed by atoms with van der Waals surface area (Å²) < 4.78 is 33.2. The number of fused-ring (bicyclic) bond motifs is 4. The van der Waals surface area contributed by atoms with Crippen molar-refractivity contribution >= 4 is 33.6 Å². The molecule has 3 atom stereocenters. The molecule has 0 bridgehead atoms. The monoisotopic (exact) mass is 403 g/mol. The van der Waals surface area contributed by atoms with Gasteiger partial charge in [-0.3, -0.25) is 0 Å². The van der Waals surface area contributed by atoms with Crippen molar-refractivity contribution in [2.45, 2.75) is 45.1 Å². The number of sulfonamides is 1. The van der Waals surface area contributed by atoms with Crippen molar-refractivity contribution in [3.63, 3.8) is 0 Å². The fraction of sp³-hybridized carbons (Fsp3) is 0.632. The Morgan fingerprint density at radius 3 is 3.07 bits per heavy atom. The van der Waals surface area contributed by atoms with E-state index in [4.69, 9.17) is 4.65 Å². The summed E-state index contributed by atoms with van der Waals surface area (Å²) in [5.41, 5.74) is 1.89. The molecule has 0 amide bonds. The van der Waals surface area contributed by atoms with E-state index in [1.54, 1.807) is 10.5 Å². The quantitative estimate of drug-likeness (QED) is 0.752. The number of unbranched alkanes of at least 4 members (excludes halogenated alkanes) is 1. The smallest absolute Gasteiger partial charge is 0.423 e. The Hall–Kier alpha value is -1.42. The molecule has 7 nitrogen and oxygen atoms in total. The topological polar surface area (TPSA) is 95.5 Å². The number of hydrogen-bond donors (Lipinski definition) is 2. The molecule has 2 N–H and O–H groups in total. The highest BCUT2D eigenvalue weighted by molar-refractivity contribution is 7.89. The van der Waals surface area contributed by atoms with Crippen LogP contribution >= 0.6 is 0 Å². The van der Waals surface area contributed by atoms with Crippen molar-refractivity contribution in [2.24, 2.45) is 11.3 Å². The van der Waals surface area contributed by atoms with E-state index in [-0.39, 0.29) is 17.1 Å². The molecule has 9 heteroatoms. The molecule has 2 spiro atoms. The van der Waals surface area contributed by atoms with E-state index in [0.29, 0.717) is 19.5 Å². The molecule has 1 aliphatic carbocycles. The van der Waals surface area contributed by atoms with Crippen molar-refractivity contribution in [1.29, 1.82) is 0 Å². The van der Waals surface area contributed by atoms with Crippen LogP contribution in [0, 0.1) is 11.3 Å². The number of H-pyrrole nitrogens is 1. The Labute approximate surface area is 165 Å². The van der Waals surface area contributed by atoms with E-state index < -0.39 is 22.7 Å². The third-order valence-electron chi connectivity index (χ3n) is 7.36. The van der Waals surface area contributed by atoms with Gasteiger partial charge in [0.15, 0.2) is 0 Å².